The van der Waals surface area contributed by atoms with Crippen LogP contribution in [-0.4, -0.2) is 48.1 Å². The summed E-state index contributed by atoms with van der Waals surface area (Å²) in [5.41, 5.74) is 0. The highest BCUT2D eigenvalue weighted by Gasteiger charge is 2.29. The van der Waals surface area contributed by atoms with Crippen LogP contribution < -0.4 is 5.32 Å². The first-order valence-corrected chi connectivity index (χ1v) is 6.35. The van der Waals surface area contributed by atoms with Gasteiger partial charge in [-0.25, -0.2) is 0 Å². The molecule has 1 unspecified atom stereocenters. The number of β-amino-alcohol motifs (C(OH)–C–C–N with tert-alkyl or cyclic N) is 1. The van der Waals surface area contributed by atoms with E-state index < -0.39 is 0 Å². The molecule has 2 N–H and O–H groups in total. The second kappa shape index (κ2) is 7.27. The lowest BCUT2D eigenvalue weighted by atomic mass is 9.96. The lowest BCUT2D eigenvalue weighted by molar-refractivity contribution is -0.138. The number of rotatable bonds is 6. The van der Waals surface area contributed by atoms with Gasteiger partial charge in [0, 0.05) is 26.1 Å². The van der Waals surface area contributed by atoms with E-state index >= 15 is 0 Å². The van der Waals surface area contributed by atoms with Gasteiger partial charge in [-0.15, -0.1) is 0 Å². The highest BCUT2D eigenvalue weighted by Crippen LogP contribution is 2.17. The number of aliphatic hydroxyl groups is 1. The molecule has 1 rings (SSSR count). The van der Waals surface area contributed by atoms with Crippen molar-refractivity contribution in [3.63, 3.8) is 0 Å². The first-order chi connectivity index (χ1) is 8.19. The lowest BCUT2D eigenvalue weighted by Gasteiger charge is -2.31. The summed E-state index contributed by atoms with van der Waals surface area (Å²) < 4.78 is 0. The van der Waals surface area contributed by atoms with Gasteiger partial charge in [0.15, 0.2) is 0 Å². The number of hydrogen-bond donors (Lipinski definition) is 2. The van der Waals surface area contributed by atoms with Gasteiger partial charge < -0.3 is 15.3 Å². The first-order valence-electron chi connectivity index (χ1n) is 6.35. The molecule has 1 aliphatic heterocycles. The van der Waals surface area contributed by atoms with Crippen LogP contribution >= 0.6 is 0 Å². The number of hydrogen-bond acceptors (Lipinski definition) is 3. The Kier molecular flexibility index (Phi) is 5.97. The molecule has 1 heterocycles. The fourth-order valence-corrected chi connectivity index (χ4v) is 2.00. The fraction of sp³-hybridized carbons (Fsp3) is 0.833. The summed E-state index contributed by atoms with van der Waals surface area (Å²) >= 11 is 0. The standard InChI is InChI=1S/C12H22N2O3/c1-2-3-6-13-12(17)10-4-5-11(16)14(9-10)7-8-15/h10,15H,2-9H2,1H3,(H,13,17). The number of carbonyl (C=O) groups is 2. The summed E-state index contributed by atoms with van der Waals surface area (Å²) in [5.74, 6) is -0.0401. The van der Waals surface area contributed by atoms with Gasteiger partial charge in [-0.1, -0.05) is 13.3 Å². The predicted octanol–water partition coefficient (Wildman–Crippen LogP) is 0.134. The minimum atomic E-state index is -0.115. The van der Waals surface area contributed by atoms with Gasteiger partial charge in [0.05, 0.1) is 12.5 Å². The molecule has 0 aromatic rings. The summed E-state index contributed by atoms with van der Waals surface area (Å²) in [6.45, 7) is 3.51. The Bertz CT molecular complexity index is 268. The molecule has 0 saturated carbocycles. The largest absolute Gasteiger partial charge is 0.395 e. The van der Waals surface area contributed by atoms with Crippen molar-refractivity contribution in [1.29, 1.82) is 0 Å². The maximum Gasteiger partial charge on any atom is 0.224 e. The van der Waals surface area contributed by atoms with E-state index in [0.717, 1.165) is 12.8 Å². The average molecular weight is 242 g/mol. The Morgan fingerprint density at radius 2 is 2.35 bits per heavy atom. The third-order valence-electron chi connectivity index (χ3n) is 3.07. The molecule has 2 amide bonds. The number of piperidine rings is 1. The molecule has 5 heteroatoms. The van der Waals surface area contributed by atoms with Crippen molar-refractivity contribution in [2.75, 3.05) is 26.2 Å². The molecular formula is C12H22N2O3. The molecule has 98 valence electrons. The minimum Gasteiger partial charge on any atom is -0.395 e. The van der Waals surface area contributed by atoms with Gasteiger partial charge in [0.2, 0.25) is 11.8 Å². The molecule has 1 saturated heterocycles. The van der Waals surface area contributed by atoms with Gasteiger partial charge in [0.25, 0.3) is 0 Å². The van der Waals surface area contributed by atoms with Crippen LogP contribution in [-0.2, 0) is 9.59 Å². The van der Waals surface area contributed by atoms with Crippen LogP contribution in [0.2, 0.25) is 0 Å². The number of aliphatic hydroxyl groups excluding tert-OH is 1. The second-order valence-electron chi connectivity index (χ2n) is 4.44. The molecule has 1 atom stereocenters. The average Bonchev–Trinajstić information content (AvgIpc) is 2.32. The Morgan fingerprint density at radius 1 is 1.59 bits per heavy atom. The highest BCUT2D eigenvalue weighted by molar-refractivity contribution is 5.83. The smallest absolute Gasteiger partial charge is 0.224 e. The quantitative estimate of drug-likeness (QED) is 0.651. The molecule has 0 aliphatic carbocycles. The molecule has 0 aromatic carbocycles. The van der Waals surface area contributed by atoms with Crippen LogP contribution in [0.25, 0.3) is 0 Å². The van der Waals surface area contributed by atoms with Crippen LogP contribution in [0.4, 0.5) is 0 Å². The summed E-state index contributed by atoms with van der Waals surface area (Å²) in [4.78, 5) is 24.9. The lowest BCUT2D eigenvalue weighted by Crippen LogP contribution is -2.46. The SMILES string of the molecule is CCCCNC(=O)C1CCC(=O)N(CCO)C1. The van der Waals surface area contributed by atoms with Crippen LogP contribution in [0.1, 0.15) is 32.6 Å². The summed E-state index contributed by atoms with van der Waals surface area (Å²) in [6, 6.07) is 0. The third kappa shape index (κ3) is 4.34. The van der Waals surface area contributed by atoms with Gasteiger partial charge >= 0.3 is 0 Å². The fourth-order valence-electron chi connectivity index (χ4n) is 2.00. The van der Waals surface area contributed by atoms with Crippen LogP contribution in [0.5, 0.6) is 0 Å². The molecule has 1 fully saturated rings. The topological polar surface area (TPSA) is 69.6 Å². The van der Waals surface area contributed by atoms with Gasteiger partial charge in [-0.2, -0.15) is 0 Å². The molecule has 5 nitrogen and oxygen atoms in total. The summed E-state index contributed by atoms with van der Waals surface area (Å²) in [7, 11) is 0. The van der Waals surface area contributed by atoms with Crippen molar-refractivity contribution in [2.24, 2.45) is 5.92 Å². The van der Waals surface area contributed by atoms with E-state index in [1.807, 2.05) is 0 Å². The van der Waals surface area contributed by atoms with E-state index in [1.165, 1.54) is 0 Å². The molecule has 1 aliphatic rings. The minimum absolute atomic E-state index is 0.0360. The third-order valence-corrected chi connectivity index (χ3v) is 3.07. The zero-order valence-electron chi connectivity index (χ0n) is 10.4. The first kappa shape index (κ1) is 14.0. The molecular weight excluding hydrogens is 220 g/mol. The van der Waals surface area contributed by atoms with Crippen molar-refractivity contribution in [3.05, 3.63) is 0 Å². The number of unbranched alkanes of at least 4 members (excludes halogenated alkanes) is 1. The van der Waals surface area contributed by atoms with Gasteiger partial charge in [-0.3, -0.25) is 9.59 Å². The highest BCUT2D eigenvalue weighted by atomic mass is 16.3. The number of nitrogens with zero attached hydrogens (tertiary/aromatic N) is 1. The van der Waals surface area contributed by atoms with Crippen LogP contribution in [0, 0.1) is 5.92 Å². The molecule has 0 radical (unpaired) electrons. The van der Waals surface area contributed by atoms with Crippen molar-refractivity contribution in [1.82, 2.24) is 10.2 Å². The van der Waals surface area contributed by atoms with Crippen molar-refractivity contribution in [3.8, 4) is 0 Å². The Labute approximate surface area is 102 Å². The molecule has 0 spiro atoms. The zero-order chi connectivity index (χ0) is 12.7. The summed E-state index contributed by atoms with van der Waals surface area (Å²) in [5, 5.41) is 11.7. The number of likely N-dealkylation sites (tertiary alicyclic amines) is 1. The Hall–Kier alpha value is -1.10. The van der Waals surface area contributed by atoms with Crippen LogP contribution in [0.15, 0.2) is 0 Å². The molecule has 0 bridgehead atoms. The summed E-state index contributed by atoms with van der Waals surface area (Å²) in [6.07, 6.45) is 3.07. The maximum absolute atomic E-state index is 11.8. The van der Waals surface area contributed by atoms with E-state index in [2.05, 4.69) is 12.2 Å². The van der Waals surface area contributed by atoms with E-state index in [1.54, 1.807) is 4.90 Å². The Morgan fingerprint density at radius 3 is 3.00 bits per heavy atom. The van der Waals surface area contributed by atoms with Crippen molar-refractivity contribution < 1.29 is 14.7 Å². The van der Waals surface area contributed by atoms with Gasteiger partial charge in [-0.05, 0) is 12.8 Å². The van der Waals surface area contributed by atoms with Crippen molar-refractivity contribution in [2.45, 2.75) is 32.6 Å². The van der Waals surface area contributed by atoms with Crippen molar-refractivity contribution >= 4 is 11.8 Å². The predicted molar refractivity (Wildman–Crippen MR) is 64.3 cm³/mol. The van der Waals surface area contributed by atoms with E-state index in [9.17, 15) is 9.59 Å². The maximum atomic E-state index is 11.8. The van der Waals surface area contributed by atoms with E-state index in [0.29, 0.717) is 32.5 Å². The molecule has 0 aromatic heterocycles. The van der Waals surface area contributed by atoms with Gasteiger partial charge in [0.1, 0.15) is 0 Å². The Balaban J connectivity index is 2.38. The number of carbonyl (C=O) groups excluding carboxylic acids is 2. The second-order valence-corrected chi connectivity index (χ2v) is 4.44. The van der Waals surface area contributed by atoms with E-state index in [4.69, 9.17) is 5.11 Å². The molecule has 17 heavy (non-hydrogen) atoms. The van der Waals surface area contributed by atoms with Crippen LogP contribution in [0.3, 0.4) is 0 Å². The normalized spacial score (nSPS) is 20.5. The number of amides is 2. The van der Waals surface area contributed by atoms with E-state index in [-0.39, 0.29) is 24.3 Å². The zero-order valence-corrected chi connectivity index (χ0v) is 10.4. The monoisotopic (exact) mass is 242 g/mol. The number of nitrogens with one attached hydrogen (secondary N) is 1.